The number of unbranched alkanes of at least 4 members (excludes halogenated alkanes) is 2. The Morgan fingerprint density at radius 3 is 2.41 bits per heavy atom. The molecule has 0 unspecified atom stereocenters. The van der Waals surface area contributed by atoms with Gasteiger partial charge in [-0.05, 0) is 65.8 Å². The summed E-state index contributed by atoms with van der Waals surface area (Å²) < 4.78 is 5.92. The van der Waals surface area contributed by atoms with Gasteiger partial charge in [-0.25, -0.2) is 0 Å². The largest absolute Gasteiger partial charge is 0.494 e. The van der Waals surface area contributed by atoms with Crippen LogP contribution < -0.4 is 15.8 Å². The minimum Gasteiger partial charge on any atom is -0.494 e. The lowest BCUT2D eigenvalue weighted by Crippen LogP contribution is -2.37. The zero-order chi connectivity index (χ0) is 22.8. The maximum Gasteiger partial charge on any atom is 0.241 e. The minimum absolute atomic E-state index is 0.178. The Morgan fingerprint density at radius 2 is 1.72 bits per heavy atom. The Balaban J connectivity index is 1.62. The Morgan fingerprint density at radius 1 is 0.969 bits per heavy atom. The second-order valence-corrected chi connectivity index (χ2v) is 8.09. The smallest absolute Gasteiger partial charge is 0.241 e. The van der Waals surface area contributed by atoms with Gasteiger partial charge < -0.3 is 15.8 Å². The third-order valence-corrected chi connectivity index (χ3v) is 5.57. The van der Waals surface area contributed by atoms with Crippen molar-refractivity contribution in [1.82, 2.24) is 0 Å². The van der Waals surface area contributed by atoms with Crippen molar-refractivity contribution in [3.05, 3.63) is 83.9 Å². The highest BCUT2D eigenvalue weighted by molar-refractivity contribution is 5.94. The Hall–Kier alpha value is -3.11. The number of nitrogens with two attached hydrogens (primary N) is 1. The molecule has 32 heavy (non-hydrogen) atoms. The van der Waals surface area contributed by atoms with E-state index in [9.17, 15) is 4.79 Å². The van der Waals surface area contributed by atoms with Gasteiger partial charge in [0.25, 0.3) is 0 Å². The van der Waals surface area contributed by atoms with Gasteiger partial charge in [0, 0.05) is 5.69 Å². The molecule has 0 aromatic heterocycles. The summed E-state index contributed by atoms with van der Waals surface area (Å²) in [6, 6.07) is 23.5. The average molecular weight is 431 g/mol. The van der Waals surface area contributed by atoms with Gasteiger partial charge >= 0.3 is 0 Å². The number of carbonyl (C=O) groups excluding carboxylic acids is 1. The van der Waals surface area contributed by atoms with E-state index in [1.54, 1.807) is 0 Å². The van der Waals surface area contributed by atoms with Crippen LogP contribution in [0.3, 0.4) is 0 Å². The standard InChI is InChI=1S/C28H34N2O2/c1-3-5-9-18-32-25-16-17-26(22(4-2)20-25)23-14-12-21(13-15-23)19-27(29)28(31)30-24-10-7-6-8-11-24/h6-8,10-17,20,27H,3-5,9,18-19,29H2,1-2H3,(H,30,31)/t27-/m0/s1. The maximum atomic E-state index is 12.4. The number of hydrogen-bond donors (Lipinski definition) is 2. The molecule has 4 heteroatoms. The summed E-state index contributed by atoms with van der Waals surface area (Å²) in [6.45, 7) is 5.13. The molecule has 0 aliphatic rings. The summed E-state index contributed by atoms with van der Waals surface area (Å²) in [5, 5.41) is 2.87. The molecule has 0 spiro atoms. The fourth-order valence-corrected chi connectivity index (χ4v) is 3.70. The molecule has 3 N–H and O–H groups in total. The topological polar surface area (TPSA) is 64.3 Å². The van der Waals surface area contributed by atoms with Gasteiger partial charge in [-0.1, -0.05) is 75.2 Å². The van der Waals surface area contributed by atoms with Gasteiger partial charge in [-0.15, -0.1) is 0 Å². The van der Waals surface area contributed by atoms with Crippen molar-refractivity contribution in [3.63, 3.8) is 0 Å². The van der Waals surface area contributed by atoms with E-state index in [2.05, 4.69) is 61.6 Å². The number of benzene rings is 3. The molecule has 3 aromatic carbocycles. The molecule has 0 saturated heterocycles. The van der Waals surface area contributed by atoms with E-state index in [0.29, 0.717) is 6.42 Å². The quantitative estimate of drug-likeness (QED) is 0.367. The maximum absolute atomic E-state index is 12.4. The number of para-hydroxylation sites is 1. The molecule has 3 aromatic rings. The predicted octanol–water partition coefficient (Wildman–Crippen LogP) is 5.99. The van der Waals surface area contributed by atoms with Gasteiger partial charge in [0.05, 0.1) is 12.6 Å². The molecule has 3 rings (SSSR count). The van der Waals surface area contributed by atoms with Crippen molar-refractivity contribution in [2.75, 3.05) is 11.9 Å². The second-order valence-electron chi connectivity index (χ2n) is 8.09. The first-order valence-corrected chi connectivity index (χ1v) is 11.6. The number of carbonyl (C=O) groups is 1. The SMILES string of the molecule is CCCCCOc1ccc(-c2ccc(C[C@H](N)C(=O)Nc3ccccc3)cc2)c(CC)c1. The van der Waals surface area contributed by atoms with E-state index < -0.39 is 6.04 Å². The van der Waals surface area contributed by atoms with Crippen LogP contribution in [0.5, 0.6) is 5.75 Å². The molecule has 1 amide bonds. The van der Waals surface area contributed by atoms with Crippen molar-refractivity contribution in [2.24, 2.45) is 5.73 Å². The van der Waals surface area contributed by atoms with E-state index in [0.717, 1.165) is 42.0 Å². The Labute approximate surface area is 191 Å². The normalized spacial score (nSPS) is 11.7. The first kappa shape index (κ1) is 23.6. The number of hydrogen-bond acceptors (Lipinski definition) is 3. The third kappa shape index (κ3) is 6.69. The highest BCUT2D eigenvalue weighted by Crippen LogP contribution is 2.28. The highest BCUT2D eigenvalue weighted by Gasteiger charge is 2.14. The Bertz CT molecular complexity index is 984. The molecule has 0 radical (unpaired) electrons. The molecular weight excluding hydrogens is 396 g/mol. The lowest BCUT2D eigenvalue weighted by atomic mass is 9.96. The second kappa shape index (κ2) is 12.1. The molecule has 4 nitrogen and oxygen atoms in total. The third-order valence-electron chi connectivity index (χ3n) is 5.57. The average Bonchev–Trinajstić information content (AvgIpc) is 2.83. The lowest BCUT2D eigenvalue weighted by molar-refractivity contribution is -0.117. The van der Waals surface area contributed by atoms with Crippen molar-refractivity contribution in [1.29, 1.82) is 0 Å². The summed E-state index contributed by atoms with van der Waals surface area (Å²) in [6.07, 6.45) is 4.91. The van der Waals surface area contributed by atoms with Crippen LogP contribution in [0.15, 0.2) is 72.8 Å². The zero-order valence-corrected chi connectivity index (χ0v) is 19.1. The molecule has 1 atom stereocenters. The van der Waals surface area contributed by atoms with Crippen molar-refractivity contribution in [2.45, 2.75) is 52.0 Å². The van der Waals surface area contributed by atoms with Crippen LogP contribution in [0.25, 0.3) is 11.1 Å². The fourth-order valence-electron chi connectivity index (χ4n) is 3.70. The van der Waals surface area contributed by atoms with Crippen LogP contribution in [0.1, 0.15) is 44.2 Å². The highest BCUT2D eigenvalue weighted by atomic mass is 16.5. The number of amides is 1. The van der Waals surface area contributed by atoms with Crippen LogP contribution in [-0.2, 0) is 17.6 Å². The summed E-state index contributed by atoms with van der Waals surface area (Å²) in [5.74, 6) is 0.761. The molecule has 0 aliphatic carbocycles. The zero-order valence-electron chi connectivity index (χ0n) is 19.1. The van der Waals surface area contributed by atoms with Crippen LogP contribution >= 0.6 is 0 Å². The molecule has 168 valence electrons. The molecule has 0 fully saturated rings. The first-order chi connectivity index (χ1) is 15.6. The number of rotatable bonds is 11. The van der Waals surface area contributed by atoms with E-state index >= 15 is 0 Å². The Kier molecular flexibility index (Phi) is 8.88. The fraction of sp³-hybridized carbons (Fsp3) is 0.321. The summed E-state index contributed by atoms with van der Waals surface area (Å²) >= 11 is 0. The van der Waals surface area contributed by atoms with Crippen LogP contribution in [0.4, 0.5) is 5.69 Å². The predicted molar refractivity (Wildman–Crippen MR) is 133 cm³/mol. The molecule has 0 bridgehead atoms. The van der Waals surface area contributed by atoms with E-state index in [4.69, 9.17) is 10.5 Å². The number of nitrogens with one attached hydrogen (secondary N) is 1. The van der Waals surface area contributed by atoms with E-state index in [1.807, 2.05) is 30.3 Å². The number of aryl methyl sites for hydroxylation is 1. The monoisotopic (exact) mass is 430 g/mol. The van der Waals surface area contributed by atoms with Crippen LogP contribution in [0.2, 0.25) is 0 Å². The van der Waals surface area contributed by atoms with Crippen LogP contribution in [-0.4, -0.2) is 18.6 Å². The first-order valence-electron chi connectivity index (χ1n) is 11.6. The number of anilines is 1. The van der Waals surface area contributed by atoms with Crippen molar-refractivity contribution < 1.29 is 9.53 Å². The van der Waals surface area contributed by atoms with Gasteiger partial charge in [0.1, 0.15) is 5.75 Å². The van der Waals surface area contributed by atoms with Crippen molar-refractivity contribution >= 4 is 11.6 Å². The van der Waals surface area contributed by atoms with Gasteiger partial charge in [-0.2, -0.15) is 0 Å². The van der Waals surface area contributed by atoms with E-state index in [1.165, 1.54) is 24.0 Å². The molecule has 0 aliphatic heterocycles. The molecule has 0 heterocycles. The number of ether oxygens (including phenoxy) is 1. The summed E-state index contributed by atoms with van der Waals surface area (Å²) in [5.41, 5.74) is 11.6. The van der Waals surface area contributed by atoms with Gasteiger partial charge in [0.15, 0.2) is 0 Å². The molecule has 0 saturated carbocycles. The lowest BCUT2D eigenvalue weighted by Gasteiger charge is -2.14. The van der Waals surface area contributed by atoms with E-state index in [-0.39, 0.29) is 5.91 Å². The van der Waals surface area contributed by atoms with Gasteiger partial charge in [0.2, 0.25) is 5.91 Å². The summed E-state index contributed by atoms with van der Waals surface area (Å²) in [7, 11) is 0. The van der Waals surface area contributed by atoms with Crippen LogP contribution in [0, 0.1) is 0 Å². The molecular formula is C28H34N2O2. The van der Waals surface area contributed by atoms with Gasteiger partial charge in [-0.3, -0.25) is 4.79 Å². The summed E-state index contributed by atoms with van der Waals surface area (Å²) in [4.78, 5) is 12.4. The minimum atomic E-state index is -0.601. The van der Waals surface area contributed by atoms with Crippen molar-refractivity contribution in [3.8, 4) is 16.9 Å².